The molecule has 0 aromatic heterocycles. The average molecular weight is 231 g/mol. The second kappa shape index (κ2) is 3.74. The van der Waals surface area contributed by atoms with Crippen LogP contribution in [0, 0.1) is 12.7 Å². The standard InChI is InChI=1S/C11H12ClFO2/c1-7-2-9(12)8(3-10(7)13)11(4-14)5-15-6-11/h2-3,14H,4-6H2,1H3. The van der Waals surface area contributed by atoms with E-state index in [1.165, 1.54) is 6.07 Å². The molecule has 1 aromatic carbocycles. The molecule has 0 radical (unpaired) electrons. The third-order valence-electron chi connectivity index (χ3n) is 2.88. The van der Waals surface area contributed by atoms with Gasteiger partial charge in [-0.3, -0.25) is 0 Å². The van der Waals surface area contributed by atoms with Crippen LogP contribution < -0.4 is 0 Å². The summed E-state index contributed by atoms with van der Waals surface area (Å²) in [7, 11) is 0. The molecule has 1 saturated heterocycles. The molecule has 1 aliphatic rings. The molecule has 1 aliphatic heterocycles. The maximum atomic E-state index is 13.4. The number of aliphatic hydroxyl groups excluding tert-OH is 1. The van der Waals surface area contributed by atoms with E-state index in [9.17, 15) is 9.50 Å². The zero-order valence-corrected chi connectivity index (χ0v) is 9.14. The third-order valence-corrected chi connectivity index (χ3v) is 3.19. The van der Waals surface area contributed by atoms with Gasteiger partial charge >= 0.3 is 0 Å². The van der Waals surface area contributed by atoms with Gasteiger partial charge in [0.25, 0.3) is 0 Å². The molecule has 2 nitrogen and oxygen atoms in total. The zero-order chi connectivity index (χ0) is 11.1. The van der Waals surface area contributed by atoms with E-state index in [4.69, 9.17) is 16.3 Å². The van der Waals surface area contributed by atoms with Gasteiger partial charge in [-0.15, -0.1) is 0 Å². The minimum absolute atomic E-state index is 0.0742. The van der Waals surface area contributed by atoms with Crippen LogP contribution >= 0.6 is 11.6 Å². The molecule has 15 heavy (non-hydrogen) atoms. The molecule has 0 aliphatic carbocycles. The lowest BCUT2D eigenvalue weighted by atomic mass is 9.79. The van der Waals surface area contributed by atoms with Crippen molar-refractivity contribution in [2.75, 3.05) is 19.8 Å². The van der Waals surface area contributed by atoms with Gasteiger partial charge in [0.2, 0.25) is 0 Å². The van der Waals surface area contributed by atoms with E-state index in [2.05, 4.69) is 0 Å². The Kier molecular flexibility index (Phi) is 2.71. The Morgan fingerprint density at radius 2 is 2.20 bits per heavy atom. The van der Waals surface area contributed by atoms with Crippen molar-refractivity contribution in [3.63, 3.8) is 0 Å². The van der Waals surface area contributed by atoms with Gasteiger partial charge in [-0.1, -0.05) is 11.6 Å². The summed E-state index contributed by atoms with van der Waals surface area (Å²) in [5.74, 6) is -0.297. The molecule has 0 atom stereocenters. The molecule has 4 heteroatoms. The fourth-order valence-electron chi connectivity index (χ4n) is 1.73. The fraction of sp³-hybridized carbons (Fsp3) is 0.455. The predicted molar refractivity (Wildman–Crippen MR) is 55.7 cm³/mol. The first-order valence-corrected chi connectivity index (χ1v) is 5.11. The lowest BCUT2D eigenvalue weighted by Crippen LogP contribution is -2.50. The van der Waals surface area contributed by atoms with E-state index in [1.807, 2.05) is 0 Å². The topological polar surface area (TPSA) is 29.5 Å². The summed E-state index contributed by atoms with van der Waals surface area (Å²) >= 11 is 6.04. The minimum Gasteiger partial charge on any atom is -0.395 e. The SMILES string of the molecule is Cc1cc(Cl)c(C2(CO)COC2)cc1F. The predicted octanol–water partition coefficient (Wildman–Crippen LogP) is 2.05. The largest absolute Gasteiger partial charge is 0.395 e. The first kappa shape index (κ1) is 10.9. The van der Waals surface area contributed by atoms with Crippen molar-refractivity contribution in [1.82, 2.24) is 0 Å². The fourth-order valence-corrected chi connectivity index (χ4v) is 2.15. The molecule has 0 spiro atoms. The molecule has 1 N–H and O–H groups in total. The molecule has 1 heterocycles. The van der Waals surface area contributed by atoms with Crippen LogP contribution in [-0.4, -0.2) is 24.9 Å². The normalized spacial score (nSPS) is 18.7. The van der Waals surface area contributed by atoms with Crippen LogP contribution in [0.3, 0.4) is 0 Å². The number of ether oxygens (including phenoxy) is 1. The molecular weight excluding hydrogens is 219 g/mol. The molecule has 82 valence electrons. The van der Waals surface area contributed by atoms with Gasteiger partial charge in [0.1, 0.15) is 5.82 Å². The molecule has 0 unspecified atom stereocenters. The minimum atomic E-state index is -0.508. The first-order chi connectivity index (χ1) is 7.09. The number of aryl methyl sites for hydroxylation is 1. The van der Waals surface area contributed by atoms with Crippen LogP contribution in [0.2, 0.25) is 5.02 Å². The van der Waals surface area contributed by atoms with Gasteiger partial charge in [-0.25, -0.2) is 4.39 Å². The highest BCUT2D eigenvalue weighted by atomic mass is 35.5. The van der Waals surface area contributed by atoms with Crippen LogP contribution in [0.1, 0.15) is 11.1 Å². The van der Waals surface area contributed by atoms with Crippen LogP contribution in [0.25, 0.3) is 0 Å². The Morgan fingerprint density at radius 3 is 2.67 bits per heavy atom. The Morgan fingerprint density at radius 1 is 1.53 bits per heavy atom. The van der Waals surface area contributed by atoms with E-state index >= 15 is 0 Å². The van der Waals surface area contributed by atoms with Gasteiger partial charge in [-0.2, -0.15) is 0 Å². The monoisotopic (exact) mass is 230 g/mol. The maximum Gasteiger partial charge on any atom is 0.126 e. The Balaban J connectivity index is 2.47. The van der Waals surface area contributed by atoms with Crippen molar-refractivity contribution in [2.24, 2.45) is 0 Å². The quantitative estimate of drug-likeness (QED) is 0.843. The smallest absolute Gasteiger partial charge is 0.126 e. The van der Waals surface area contributed by atoms with E-state index in [0.29, 0.717) is 29.4 Å². The van der Waals surface area contributed by atoms with E-state index in [1.54, 1.807) is 13.0 Å². The maximum absolute atomic E-state index is 13.4. The lowest BCUT2D eigenvalue weighted by molar-refractivity contribution is -0.0842. The molecule has 1 fully saturated rings. The highest BCUT2D eigenvalue weighted by Gasteiger charge is 2.41. The summed E-state index contributed by atoms with van der Waals surface area (Å²) < 4.78 is 18.5. The molecule has 2 rings (SSSR count). The van der Waals surface area contributed by atoms with Crippen LogP contribution in [-0.2, 0) is 10.2 Å². The average Bonchev–Trinajstić information content (AvgIpc) is 2.12. The Bertz CT molecular complexity index is 383. The lowest BCUT2D eigenvalue weighted by Gasteiger charge is -2.40. The van der Waals surface area contributed by atoms with Crippen LogP contribution in [0.15, 0.2) is 12.1 Å². The van der Waals surface area contributed by atoms with Gasteiger partial charge in [0, 0.05) is 5.02 Å². The summed E-state index contributed by atoms with van der Waals surface area (Å²) in [4.78, 5) is 0. The number of benzene rings is 1. The summed E-state index contributed by atoms with van der Waals surface area (Å²) in [5, 5.41) is 9.81. The highest BCUT2D eigenvalue weighted by Crippen LogP contribution is 2.37. The van der Waals surface area contributed by atoms with Crippen molar-refractivity contribution in [3.8, 4) is 0 Å². The van der Waals surface area contributed by atoms with Crippen molar-refractivity contribution >= 4 is 11.6 Å². The van der Waals surface area contributed by atoms with Crippen LogP contribution in [0.4, 0.5) is 4.39 Å². The molecular formula is C11H12ClFO2. The molecule has 1 aromatic rings. The second-order valence-electron chi connectivity index (χ2n) is 4.01. The van der Waals surface area contributed by atoms with Gasteiger partial charge in [0.05, 0.1) is 25.2 Å². The summed E-state index contributed by atoms with van der Waals surface area (Å²) in [5.41, 5.74) is 0.643. The second-order valence-corrected chi connectivity index (χ2v) is 4.42. The summed E-state index contributed by atoms with van der Waals surface area (Å²) in [6, 6.07) is 2.98. The van der Waals surface area contributed by atoms with E-state index in [0.717, 1.165) is 0 Å². The van der Waals surface area contributed by atoms with E-state index in [-0.39, 0.29) is 12.4 Å². The van der Waals surface area contributed by atoms with Crippen LogP contribution in [0.5, 0.6) is 0 Å². The summed E-state index contributed by atoms with van der Waals surface area (Å²) in [6.45, 7) is 2.38. The van der Waals surface area contributed by atoms with Gasteiger partial charge in [-0.05, 0) is 30.2 Å². The third kappa shape index (κ3) is 1.65. The first-order valence-electron chi connectivity index (χ1n) is 4.74. The Hall–Kier alpha value is -0.640. The Labute approximate surface area is 92.6 Å². The number of aliphatic hydroxyl groups is 1. The van der Waals surface area contributed by atoms with Crippen molar-refractivity contribution in [1.29, 1.82) is 0 Å². The highest BCUT2D eigenvalue weighted by molar-refractivity contribution is 6.31. The number of rotatable bonds is 2. The zero-order valence-electron chi connectivity index (χ0n) is 8.39. The van der Waals surface area contributed by atoms with Crippen molar-refractivity contribution < 1.29 is 14.2 Å². The van der Waals surface area contributed by atoms with Gasteiger partial charge in [0.15, 0.2) is 0 Å². The van der Waals surface area contributed by atoms with Crippen molar-refractivity contribution in [2.45, 2.75) is 12.3 Å². The number of hydrogen-bond acceptors (Lipinski definition) is 2. The van der Waals surface area contributed by atoms with Crippen molar-refractivity contribution in [3.05, 3.63) is 34.1 Å². The molecule has 0 bridgehead atoms. The summed E-state index contributed by atoms with van der Waals surface area (Å²) in [6.07, 6.45) is 0. The molecule has 0 amide bonds. The van der Waals surface area contributed by atoms with Gasteiger partial charge < -0.3 is 9.84 Å². The number of halogens is 2. The van der Waals surface area contributed by atoms with E-state index < -0.39 is 5.41 Å². The molecule has 0 saturated carbocycles. The number of hydrogen-bond donors (Lipinski definition) is 1.